The number of rotatable bonds is 4. The second-order valence-electron chi connectivity index (χ2n) is 5.46. The van der Waals surface area contributed by atoms with Crippen molar-refractivity contribution in [1.82, 2.24) is 15.1 Å². The molecule has 1 saturated heterocycles. The summed E-state index contributed by atoms with van der Waals surface area (Å²) < 4.78 is 5.74. The lowest BCUT2D eigenvalue weighted by atomic mass is 9.98. The van der Waals surface area contributed by atoms with E-state index in [1.165, 1.54) is 12.8 Å². The van der Waals surface area contributed by atoms with Gasteiger partial charge in [-0.05, 0) is 44.0 Å². The summed E-state index contributed by atoms with van der Waals surface area (Å²) >= 11 is 6.15. The van der Waals surface area contributed by atoms with Crippen molar-refractivity contribution in [2.24, 2.45) is 11.7 Å². The number of nitrogens with two attached hydrogens (primary N) is 1. The molecule has 112 valence electrons. The molecule has 0 radical (unpaired) electrons. The number of benzene rings is 1. The fourth-order valence-corrected chi connectivity index (χ4v) is 2.96. The van der Waals surface area contributed by atoms with Crippen LogP contribution in [0.15, 0.2) is 28.7 Å². The molecule has 0 bridgehead atoms. The van der Waals surface area contributed by atoms with E-state index in [0.29, 0.717) is 29.3 Å². The zero-order valence-electron chi connectivity index (χ0n) is 11.8. The Kier molecular flexibility index (Phi) is 4.53. The molecule has 2 aromatic rings. The molecule has 21 heavy (non-hydrogen) atoms. The molecule has 1 aromatic carbocycles. The van der Waals surface area contributed by atoms with Gasteiger partial charge >= 0.3 is 0 Å². The Morgan fingerprint density at radius 3 is 3.00 bits per heavy atom. The van der Waals surface area contributed by atoms with Crippen molar-refractivity contribution in [3.63, 3.8) is 0 Å². The van der Waals surface area contributed by atoms with Crippen molar-refractivity contribution in [2.45, 2.75) is 19.4 Å². The summed E-state index contributed by atoms with van der Waals surface area (Å²) in [6, 6.07) is 7.48. The van der Waals surface area contributed by atoms with Crippen LogP contribution in [-0.2, 0) is 6.54 Å². The van der Waals surface area contributed by atoms with Gasteiger partial charge < -0.3 is 10.2 Å². The van der Waals surface area contributed by atoms with Crippen molar-refractivity contribution in [3.8, 4) is 11.5 Å². The van der Waals surface area contributed by atoms with Gasteiger partial charge in [0, 0.05) is 6.54 Å². The lowest BCUT2D eigenvalue weighted by Gasteiger charge is -2.30. The van der Waals surface area contributed by atoms with Gasteiger partial charge in [0.25, 0.3) is 0 Å². The minimum atomic E-state index is 0.475. The first-order valence-electron chi connectivity index (χ1n) is 7.26. The van der Waals surface area contributed by atoms with Crippen LogP contribution in [0.4, 0.5) is 0 Å². The molecule has 2 N–H and O–H groups in total. The molecule has 1 atom stereocenters. The van der Waals surface area contributed by atoms with Crippen molar-refractivity contribution < 1.29 is 4.42 Å². The first-order valence-corrected chi connectivity index (χ1v) is 7.63. The standard InChI is InChI=1S/C15H19ClN4O/c16-13-6-2-1-5-12(13)15-19-18-14(21-15)10-20-7-3-4-11(8-17)9-20/h1-2,5-6,11H,3-4,7-10,17H2. The van der Waals surface area contributed by atoms with Gasteiger partial charge in [-0.15, -0.1) is 10.2 Å². The summed E-state index contributed by atoms with van der Waals surface area (Å²) in [4.78, 5) is 2.32. The second kappa shape index (κ2) is 6.56. The normalized spacial score (nSPS) is 19.8. The van der Waals surface area contributed by atoms with E-state index in [9.17, 15) is 0 Å². The largest absolute Gasteiger partial charge is 0.419 e. The predicted octanol–water partition coefficient (Wildman–Crippen LogP) is 2.56. The lowest BCUT2D eigenvalue weighted by Crippen LogP contribution is -2.37. The Labute approximate surface area is 129 Å². The fourth-order valence-electron chi connectivity index (χ4n) is 2.74. The maximum absolute atomic E-state index is 6.15. The summed E-state index contributed by atoms with van der Waals surface area (Å²) in [5.74, 6) is 1.68. The number of aromatic nitrogens is 2. The Morgan fingerprint density at radius 2 is 2.19 bits per heavy atom. The first kappa shape index (κ1) is 14.5. The molecule has 2 heterocycles. The molecule has 1 aromatic heterocycles. The van der Waals surface area contributed by atoms with Gasteiger partial charge in [-0.3, -0.25) is 4.90 Å². The van der Waals surface area contributed by atoms with Crippen molar-refractivity contribution in [2.75, 3.05) is 19.6 Å². The highest BCUT2D eigenvalue weighted by atomic mass is 35.5. The molecule has 3 rings (SSSR count). The second-order valence-corrected chi connectivity index (χ2v) is 5.87. The van der Waals surface area contributed by atoms with Crippen LogP contribution in [0, 0.1) is 5.92 Å². The van der Waals surface area contributed by atoms with Gasteiger partial charge in [-0.1, -0.05) is 23.7 Å². The quantitative estimate of drug-likeness (QED) is 0.940. The number of likely N-dealkylation sites (tertiary alicyclic amines) is 1. The van der Waals surface area contributed by atoms with E-state index in [1.807, 2.05) is 24.3 Å². The van der Waals surface area contributed by atoms with Gasteiger partial charge in [-0.2, -0.15) is 0 Å². The monoisotopic (exact) mass is 306 g/mol. The molecule has 6 heteroatoms. The van der Waals surface area contributed by atoms with E-state index in [4.69, 9.17) is 21.8 Å². The molecule has 1 aliphatic heterocycles. The van der Waals surface area contributed by atoms with Crippen LogP contribution in [0.5, 0.6) is 0 Å². The maximum atomic E-state index is 6.15. The van der Waals surface area contributed by atoms with Crippen LogP contribution in [0.2, 0.25) is 5.02 Å². The van der Waals surface area contributed by atoms with Crippen LogP contribution in [0.3, 0.4) is 0 Å². The first-order chi connectivity index (χ1) is 10.3. The minimum Gasteiger partial charge on any atom is -0.419 e. The minimum absolute atomic E-state index is 0.475. The molecule has 1 fully saturated rings. The highest BCUT2D eigenvalue weighted by molar-refractivity contribution is 6.33. The third-order valence-corrected chi connectivity index (χ3v) is 4.20. The lowest BCUT2D eigenvalue weighted by molar-refractivity contribution is 0.158. The molecule has 0 saturated carbocycles. The van der Waals surface area contributed by atoms with E-state index < -0.39 is 0 Å². The van der Waals surface area contributed by atoms with E-state index in [-0.39, 0.29) is 0 Å². The molecule has 1 aliphatic rings. The Hall–Kier alpha value is -1.43. The van der Waals surface area contributed by atoms with Gasteiger partial charge in [0.15, 0.2) is 0 Å². The Balaban J connectivity index is 1.69. The highest BCUT2D eigenvalue weighted by Crippen LogP contribution is 2.26. The van der Waals surface area contributed by atoms with Crippen LogP contribution in [0.25, 0.3) is 11.5 Å². The Morgan fingerprint density at radius 1 is 1.33 bits per heavy atom. The van der Waals surface area contributed by atoms with Gasteiger partial charge in [-0.25, -0.2) is 0 Å². The van der Waals surface area contributed by atoms with Gasteiger partial charge in [0.05, 0.1) is 17.1 Å². The molecule has 0 spiro atoms. The van der Waals surface area contributed by atoms with Crippen LogP contribution >= 0.6 is 11.6 Å². The number of piperidine rings is 1. The molecule has 5 nitrogen and oxygen atoms in total. The Bertz CT molecular complexity index is 601. The molecular formula is C15H19ClN4O. The average Bonchev–Trinajstić information content (AvgIpc) is 2.96. The van der Waals surface area contributed by atoms with Crippen molar-refractivity contribution >= 4 is 11.6 Å². The zero-order valence-corrected chi connectivity index (χ0v) is 12.6. The summed E-state index contributed by atoms with van der Waals surface area (Å²) in [6.07, 6.45) is 2.38. The van der Waals surface area contributed by atoms with Crippen LogP contribution < -0.4 is 5.73 Å². The van der Waals surface area contributed by atoms with Crippen LogP contribution in [-0.4, -0.2) is 34.7 Å². The molecule has 0 aliphatic carbocycles. The van der Waals surface area contributed by atoms with Crippen LogP contribution in [0.1, 0.15) is 18.7 Å². The summed E-state index contributed by atoms with van der Waals surface area (Å²) in [7, 11) is 0. The topological polar surface area (TPSA) is 68.2 Å². The fraction of sp³-hybridized carbons (Fsp3) is 0.467. The number of nitrogens with zero attached hydrogens (tertiary/aromatic N) is 3. The third kappa shape index (κ3) is 3.43. The SMILES string of the molecule is NCC1CCCN(Cc2nnc(-c3ccccc3Cl)o2)C1. The zero-order chi connectivity index (χ0) is 14.7. The number of hydrogen-bond acceptors (Lipinski definition) is 5. The van der Waals surface area contributed by atoms with Crippen molar-refractivity contribution in [3.05, 3.63) is 35.2 Å². The third-order valence-electron chi connectivity index (χ3n) is 3.87. The highest BCUT2D eigenvalue weighted by Gasteiger charge is 2.21. The van der Waals surface area contributed by atoms with Gasteiger partial charge in [0.1, 0.15) is 0 Å². The van der Waals surface area contributed by atoms with E-state index in [2.05, 4.69) is 15.1 Å². The smallest absolute Gasteiger partial charge is 0.249 e. The van der Waals surface area contributed by atoms with E-state index in [1.54, 1.807) is 0 Å². The number of halogens is 1. The molecule has 0 amide bonds. The average molecular weight is 307 g/mol. The van der Waals surface area contributed by atoms with Gasteiger partial charge in [0.2, 0.25) is 11.8 Å². The maximum Gasteiger partial charge on any atom is 0.249 e. The molecular weight excluding hydrogens is 288 g/mol. The van der Waals surface area contributed by atoms with Crippen molar-refractivity contribution in [1.29, 1.82) is 0 Å². The summed E-state index contributed by atoms with van der Waals surface area (Å²) in [5, 5.41) is 8.85. The van der Waals surface area contributed by atoms with E-state index >= 15 is 0 Å². The summed E-state index contributed by atoms with van der Waals surface area (Å²) in [5.41, 5.74) is 6.54. The van der Waals surface area contributed by atoms with E-state index in [0.717, 1.165) is 25.2 Å². The predicted molar refractivity (Wildman–Crippen MR) is 81.8 cm³/mol. The number of hydrogen-bond donors (Lipinski definition) is 1. The summed E-state index contributed by atoms with van der Waals surface area (Å²) in [6.45, 7) is 3.47. The molecule has 1 unspecified atom stereocenters.